The third kappa shape index (κ3) is 6.85. The van der Waals surface area contributed by atoms with E-state index in [1.165, 1.54) is 0 Å². The summed E-state index contributed by atoms with van der Waals surface area (Å²) in [6, 6.07) is 14.9. The van der Waals surface area contributed by atoms with Crippen molar-refractivity contribution < 1.29 is 19.0 Å². The van der Waals surface area contributed by atoms with Gasteiger partial charge in [-0.2, -0.15) is 5.26 Å². The minimum absolute atomic E-state index is 0.0574. The molecule has 0 unspecified atom stereocenters. The highest BCUT2D eigenvalue weighted by atomic mass is 16.5. The maximum absolute atomic E-state index is 12.4. The van der Waals surface area contributed by atoms with Gasteiger partial charge in [-0.05, 0) is 54.3 Å². The fraction of sp³-hybridized carbons (Fsp3) is 0.333. The predicted octanol–water partition coefficient (Wildman–Crippen LogP) is 4.15. The zero-order chi connectivity index (χ0) is 21.8. The summed E-state index contributed by atoms with van der Waals surface area (Å²) in [6.45, 7) is 3.19. The number of nitrogens with one attached hydrogen (secondary N) is 1. The molecule has 0 radical (unpaired) electrons. The molecule has 0 heterocycles. The zero-order valence-electron chi connectivity index (χ0n) is 17.7. The molecule has 0 aliphatic rings. The molecular formula is C24H28N2O4. The second-order valence-electron chi connectivity index (χ2n) is 6.64. The number of nitriles is 1. The number of ether oxygens (including phenoxy) is 3. The summed E-state index contributed by atoms with van der Waals surface area (Å²) in [6.07, 6.45) is 4.26. The van der Waals surface area contributed by atoms with Crippen LogP contribution >= 0.6 is 0 Å². The fourth-order valence-electron chi connectivity index (χ4n) is 2.76. The van der Waals surface area contributed by atoms with Gasteiger partial charge in [0.05, 0.1) is 20.8 Å². The number of rotatable bonds is 11. The van der Waals surface area contributed by atoms with Gasteiger partial charge in [-0.3, -0.25) is 4.79 Å². The Morgan fingerprint density at radius 2 is 1.83 bits per heavy atom. The molecule has 0 atom stereocenters. The predicted molar refractivity (Wildman–Crippen MR) is 117 cm³/mol. The first-order chi connectivity index (χ1) is 14.6. The van der Waals surface area contributed by atoms with Crippen LogP contribution in [-0.4, -0.2) is 33.3 Å². The monoisotopic (exact) mass is 408 g/mol. The van der Waals surface area contributed by atoms with Crippen molar-refractivity contribution in [1.29, 1.82) is 5.26 Å². The van der Waals surface area contributed by atoms with Gasteiger partial charge in [0.15, 0.2) is 11.5 Å². The molecule has 1 amide bonds. The summed E-state index contributed by atoms with van der Waals surface area (Å²) in [7, 11) is 3.16. The van der Waals surface area contributed by atoms with Crippen molar-refractivity contribution in [3.05, 3.63) is 59.2 Å². The average Bonchev–Trinajstić information content (AvgIpc) is 2.78. The van der Waals surface area contributed by atoms with E-state index in [0.29, 0.717) is 31.1 Å². The number of nitrogens with zero attached hydrogens (tertiary/aromatic N) is 1. The highest BCUT2D eigenvalue weighted by Gasteiger charge is 2.10. The minimum atomic E-state index is -0.402. The Hall–Kier alpha value is -3.46. The Labute approximate surface area is 178 Å². The van der Waals surface area contributed by atoms with Crippen LogP contribution in [0.2, 0.25) is 0 Å². The SMILES string of the molecule is CCCCOc1ccc(/C=C(\C#N)C(=O)NCCc2ccc(OC)c(OC)c2)cc1. The summed E-state index contributed by atoms with van der Waals surface area (Å²) in [5.74, 6) is 1.67. The van der Waals surface area contributed by atoms with Gasteiger partial charge in [0.2, 0.25) is 0 Å². The molecule has 1 N–H and O–H groups in total. The topological polar surface area (TPSA) is 80.6 Å². The summed E-state index contributed by atoms with van der Waals surface area (Å²) < 4.78 is 16.1. The Bertz CT molecular complexity index is 898. The molecule has 0 aromatic heterocycles. The quantitative estimate of drug-likeness (QED) is 0.343. The van der Waals surface area contributed by atoms with Gasteiger partial charge in [-0.1, -0.05) is 31.5 Å². The third-order valence-electron chi connectivity index (χ3n) is 4.47. The molecular weight excluding hydrogens is 380 g/mol. The average molecular weight is 408 g/mol. The lowest BCUT2D eigenvalue weighted by molar-refractivity contribution is -0.117. The van der Waals surface area contributed by atoms with Gasteiger partial charge >= 0.3 is 0 Å². The molecule has 0 bridgehead atoms. The first-order valence-corrected chi connectivity index (χ1v) is 9.95. The van der Waals surface area contributed by atoms with E-state index in [1.807, 2.05) is 48.5 Å². The first kappa shape index (κ1) is 22.8. The van der Waals surface area contributed by atoms with Gasteiger partial charge in [0.1, 0.15) is 17.4 Å². The molecule has 6 heteroatoms. The van der Waals surface area contributed by atoms with E-state index >= 15 is 0 Å². The van der Waals surface area contributed by atoms with Crippen LogP contribution in [0, 0.1) is 11.3 Å². The number of carbonyl (C=O) groups is 1. The molecule has 30 heavy (non-hydrogen) atoms. The van der Waals surface area contributed by atoms with Crippen molar-refractivity contribution in [3.63, 3.8) is 0 Å². The van der Waals surface area contributed by atoms with Gasteiger partial charge in [-0.25, -0.2) is 0 Å². The number of carbonyl (C=O) groups excluding carboxylic acids is 1. The summed E-state index contributed by atoms with van der Waals surface area (Å²) in [5, 5.41) is 12.2. The third-order valence-corrected chi connectivity index (χ3v) is 4.47. The highest BCUT2D eigenvalue weighted by Crippen LogP contribution is 2.27. The minimum Gasteiger partial charge on any atom is -0.494 e. The second kappa shape index (κ2) is 12.2. The molecule has 0 aliphatic heterocycles. The largest absolute Gasteiger partial charge is 0.494 e. The molecule has 158 valence electrons. The number of hydrogen-bond acceptors (Lipinski definition) is 5. The molecule has 2 aromatic rings. The molecule has 0 spiro atoms. The van der Waals surface area contributed by atoms with Crippen LogP contribution in [0.5, 0.6) is 17.2 Å². The van der Waals surface area contributed by atoms with Gasteiger partial charge in [0.25, 0.3) is 5.91 Å². The Morgan fingerprint density at radius 3 is 2.47 bits per heavy atom. The number of hydrogen-bond donors (Lipinski definition) is 1. The summed E-state index contributed by atoms with van der Waals surface area (Å²) in [4.78, 5) is 12.4. The molecule has 2 rings (SSSR count). The fourth-order valence-corrected chi connectivity index (χ4v) is 2.76. The molecule has 2 aromatic carbocycles. The van der Waals surface area contributed by atoms with E-state index in [1.54, 1.807) is 20.3 Å². The van der Waals surface area contributed by atoms with Crippen LogP contribution in [0.4, 0.5) is 0 Å². The molecule has 0 aliphatic carbocycles. The van der Waals surface area contributed by atoms with Crippen LogP contribution in [0.3, 0.4) is 0 Å². The lowest BCUT2D eigenvalue weighted by atomic mass is 10.1. The molecule has 0 fully saturated rings. The van der Waals surface area contributed by atoms with Crippen molar-refractivity contribution >= 4 is 12.0 Å². The van der Waals surface area contributed by atoms with Crippen molar-refractivity contribution in [2.24, 2.45) is 0 Å². The van der Waals surface area contributed by atoms with Crippen molar-refractivity contribution in [2.45, 2.75) is 26.2 Å². The van der Waals surface area contributed by atoms with Gasteiger partial charge in [0, 0.05) is 6.54 Å². The Morgan fingerprint density at radius 1 is 1.10 bits per heavy atom. The van der Waals surface area contributed by atoms with Crippen LogP contribution < -0.4 is 19.5 Å². The molecule has 0 saturated heterocycles. The van der Waals surface area contributed by atoms with E-state index in [-0.39, 0.29) is 5.57 Å². The van der Waals surface area contributed by atoms with Crippen LogP contribution in [0.15, 0.2) is 48.0 Å². The van der Waals surface area contributed by atoms with Crippen molar-refractivity contribution in [1.82, 2.24) is 5.32 Å². The van der Waals surface area contributed by atoms with E-state index in [9.17, 15) is 10.1 Å². The lowest BCUT2D eigenvalue weighted by Gasteiger charge is -2.10. The van der Waals surface area contributed by atoms with Crippen molar-refractivity contribution in [2.75, 3.05) is 27.4 Å². The van der Waals surface area contributed by atoms with E-state index in [0.717, 1.165) is 29.7 Å². The maximum atomic E-state index is 12.4. The van der Waals surface area contributed by atoms with E-state index in [2.05, 4.69) is 12.2 Å². The van der Waals surface area contributed by atoms with Crippen LogP contribution in [-0.2, 0) is 11.2 Å². The van der Waals surface area contributed by atoms with E-state index < -0.39 is 5.91 Å². The van der Waals surface area contributed by atoms with Gasteiger partial charge < -0.3 is 19.5 Å². The summed E-state index contributed by atoms with van der Waals surface area (Å²) in [5.41, 5.74) is 1.82. The number of amides is 1. The van der Waals surface area contributed by atoms with Gasteiger partial charge in [-0.15, -0.1) is 0 Å². The highest BCUT2D eigenvalue weighted by molar-refractivity contribution is 6.01. The smallest absolute Gasteiger partial charge is 0.261 e. The Balaban J connectivity index is 1.92. The van der Waals surface area contributed by atoms with Crippen LogP contribution in [0.1, 0.15) is 30.9 Å². The van der Waals surface area contributed by atoms with E-state index in [4.69, 9.17) is 14.2 Å². The lowest BCUT2D eigenvalue weighted by Crippen LogP contribution is -2.26. The number of unbranched alkanes of at least 4 members (excludes halogenated alkanes) is 1. The van der Waals surface area contributed by atoms with Crippen LogP contribution in [0.25, 0.3) is 6.08 Å². The zero-order valence-corrected chi connectivity index (χ0v) is 17.7. The maximum Gasteiger partial charge on any atom is 0.261 e. The Kier molecular flexibility index (Phi) is 9.26. The normalized spacial score (nSPS) is 10.8. The van der Waals surface area contributed by atoms with Crippen molar-refractivity contribution in [3.8, 4) is 23.3 Å². The molecule has 0 saturated carbocycles. The number of methoxy groups -OCH3 is 2. The second-order valence-corrected chi connectivity index (χ2v) is 6.64. The first-order valence-electron chi connectivity index (χ1n) is 9.95. The standard InChI is InChI=1S/C24H28N2O4/c1-4-5-14-30-21-9-6-18(7-10-21)15-20(17-25)24(27)26-13-12-19-8-11-22(28-2)23(16-19)29-3/h6-11,15-16H,4-5,12-14H2,1-3H3,(H,26,27)/b20-15+. The summed E-state index contributed by atoms with van der Waals surface area (Å²) >= 11 is 0. The number of benzene rings is 2. The molecule has 6 nitrogen and oxygen atoms in total.